The zero-order chi connectivity index (χ0) is 14.4. The summed E-state index contributed by atoms with van der Waals surface area (Å²) in [4.78, 5) is 10.6. The number of aromatic nitrogens is 2. The Labute approximate surface area is 121 Å². The van der Waals surface area contributed by atoms with Crippen LogP contribution in [0.3, 0.4) is 0 Å². The van der Waals surface area contributed by atoms with Gasteiger partial charge < -0.3 is 15.3 Å². The summed E-state index contributed by atoms with van der Waals surface area (Å²) in [6.07, 6.45) is 8.43. The Kier molecular flexibility index (Phi) is 5.59. The van der Waals surface area contributed by atoms with Crippen molar-refractivity contribution in [1.29, 1.82) is 0 Å². The van der Waals surface area contributed by atoms with E-state index in [0.29, 0.717) is 11.9 Å². The molecule has 0 aliphatic heterocycles. The number of aliphatic hydroxyl groups is 1. The Morgan fingerprint density at radius 3 is 2.90 bits per heavy atom. The first kappa shape index (κ1) is 15.0. The highest BCUT2D eigenvalue weighted by Crippen LogP contribution is 2.27. The minimum atomic E-state index is -0.0860. The van der Waals surface area contributed by atoms with Crippen molar-refractivity contribution in [3.63, 3.8) is 0 Å². The summed E-state index contributed by atoms with van der Waals surface area (Å²) in [6, 6.07) is 1.89. The molecule has 1 saturated carbocycles. The molecule has 2 unspecified atom stereocenters. The van der Waals surface area contributed by atoms with Gasteiger partial charge in [0.15, 0.2) is 0 Å². The van der Waals surface area contributed by atoms with Gasteiger partial charge in [0.2, 0.25) is 5.95 Å². The molecule has 0 saturated heterocycles. The molecule has 2 N–H and O–H groups in total. The zero-order valence-corrected chi connectivity index (χ0v) is 12.5. The molecule has 1 aliphatic carbocycles. The minimum absolute atomic E-state index is 0.0860. The van der Waals surface area contributed by atoms with Crippen molar-refractivity contribution in [2.75, 3.05) is 30.9 Å². The molecular formula is C15H26N4O. The molecule has 0 spiro atoms. The lowest BCUT2D eigenvalue weighted by molar-refractivity contribution is 0.0648. The predicted octanol–water partition coefficient (Wildman–Crippen LogP) is 2.29. The molecule has 1 aromatic rings. The number of anilines is 2. The van der Waals surface area contributed by atoms with Crippen molar-refractivity contribution < 1.29 is 5.11 Å². The number of hydrogen-bond donors (Lipinski definition) is 2. The molecule has 112 valence electrons. The highest BCUT2D eigenvalue weighted by atomic mass is 16.3. The normalized spacial score (nSPS) is 22.6. The first-order chi connectivity index (χ1) is 9.66. The third kappa shape index (κ3) is 4.34. The number of nitrogens with zero attached hydrogens (tertiary/aromatic N) is 3. The third-order valence-electron chi connectivity index (χ3n) is 4.00. The quantitative estimate of drug-likeness (QED) is 0.782. The number of rotatable bonds is 6. The van der Waals surface area contributed by atoms with Crippen LogP contribution in [0, 0.1) is 5.92 Å². The molecule has 2 atom stereocenters. The largest absolute Gasteiger partial charge is 0.393 e. The van der Waals surface area contributed by atoms with Crippen LogP contribution in [0.5, 0.6) is 0 Å². The SMILES string of the molecule is CN(C)c1ccnc(NCCCC2CCCCC2O)n1. The lowest BCUT2D eigenvalue weighted by Crippen LogP contribution is -2.24. The van der Waals surface area contributed by atoms with Gasteiger partial charge in [0.25, 0.3) is 0 Å². The maximum atomic E-state index is 9.93. The van der Waals surface area contributed by atoms with Gasteiger partial charge >= 0.3 is 0 Å². The fourth-order valence-electron chi connectivity index (χ4n) is 2.77. The fourth-order valence-corrected chi connectivity index (χ4v) is 2.77. The Bertz CT molecular complexity index is 411. The maximum Gasteiger partial charge on any atom is 0.224 e. The molecule has 0 radical (unpaired) electrons. The van der Waals surface area contributed by atoms with Gasteiger partial charge in [-0.25, -0.2) is 4.98 Å². The van der Waals surface area contributed by atoms with Crippen molar-refractivity contribution in [2.24, 2.45) is 5.92 Å². The highest BCUT2D eigenvalue weighted by Gasteiger charge is 2.22. The molecule has 1 aromatic heterocycles. The summed E-state index contributed by atoms with van der Waals surface area (Å²) in [7, 11) is 3.94. The zero-order valence-electron chi connectivity index (χ0n) is 12.5. The summed E-state index contributed by atoms with van der Waals surface area (Å²) < 4.78 is 0. The second kappa shape index (κ2) is 7.43. The van der Waals surface area contributed by atoms with Crippen molar-refractivity contribution in [1.82, 2.24) is 9.97 Å². The van der Waals surface area contributed by atoms with Gasteiger partial charge in [-0.2, -0.15) is 4.98 Å². The molecule has 5 heteroatoms. The summed E-state index contributed by atoms with van der Waals surface area (Å²) >= 11 is 0. The second-order valence-electron chi connectivity index (χ2n) is 5.81. The fraction of sp³-hybridized carbons (Fsp3) is 0.733. The van der Waals surface area contributed by atoms with Crippen LogP contribution in [-0.2, 0) is 0 Å². The first-order valence-corrected chi connectivity index (χ1v) is 7.59. The molecule has 0 aromatic carbocycles. The summed E-state index contributed by atoms with van der Waals surface area (Å²) in [5.74, 6) is 2.07. The van der Waals surface area contributed by atoms with Crippen LogP contribution in [0.1, 0.15) is 38.5 Å². The second-order valence-corrected chi connectivity index (χ2v) is 5.81. The predicted molar refractivity (Wildman–Crippen MR) is 82.0 cm³/mol. The molecule has 20 heavy (non-hydrogen) atoms. The van der Waals surface area contributed by atoms with E-state index in [4.69, 9.17) is 0 Å². The first-order valence-electron chi connectivity index (χ1n) is 7.59. The Morgan fingerprint density at radius 2 is 2.15 bits per heavy atom. The average Bonchev–Trinajstić information content (AvgIpc) is 2.45. The van der Waals surface area contributed by atoms with Crippen molar-refractivity contribution in [3.05, 3.63) is 12.3 Å². The number of hydrogen-bond acceptors (Lipinski definition) is 5. The van der Waals surface area contributed by atoms with Crippen molar-refractivity contribution in [2.45, 2.75) is 44.6 Å². The van der Waals surface area contributed by atoms with Gasteiger partial charge in [0.05, 0.1) is 6.10 Å². The summed E-state index contributed by atoms with van der Waals surface area (Å²) in [5, 5.41) is 13.2. The van der Waals surface area contributed by atoms with E-state index in [9.17, 15) is 5.11 Å². The molecule has 0 bridgehead atoms. The van der Waals surface area contributed by atoms with Crippen LogP contribution in [0.2, 0.25) is 0 Å². The Balaban J connectivity index is 1.71. The Hall–Kier alpha value is -1.36. The van der Waals surface area contributed by atoms with E-state index >= 15 is 0 Å². The van der Waals surface area contributed by atoms with E-state index in [1.54, 1.807) is 6.20 Å². The van der Waals surface area contributed by atoms with Gasteiger partial charge in [0, 0.05) is 26.8 Å². The lowest BCUT2D eigenvalue weighted by Gasteiger charge is -2.27. The van der Waals surface area contributed by atoms with Crippen molar-refractivity contribution >= 4 is 11.8 Å². The van der Waals surface area contributed by atoms with Gasteiger partial charge in [-0.3, -0.25) is 0 Å². The van der Waals surface area contributed by atoms with Crippen LogP contribution in [0.4, 0.5) is 11.8 Å². The van der Waals surface area contributed by atoms with E-state index < -0.39 is 0 Å². The van der Waals surface area contributed by atoms with Crippen LogP contribution >= 0.6 is 0 Å². The smallest absolute Gasteiger partial charge is 0.224 e. The van der Waals surface area contributed by atoms with Crippen molar-refractivity contribution in [3.8, 4) is 0 Å². The van der Waals surface area contributed by atoms with Gasteiger partial charge in [-0.15, -0.1) is 0 Å². The average molecular weight is 278 g/mol. The molecule has 5 nitrogen and oxygen atoms in total. The molecule has 0 amide bonds. The van der Waals surface area contributed by atoms with Gasteiger partial charge in [-0.1, -0.05) is 12.8 Å². The van der Waals surface area contributed by atoms with Crippen LogP contribution in [-0.4, -0.2) is 41.8 Å². The standard InChI is InChI=1S/C15H26N4O/c1-19(2)14-9-11-17-15(18-14)16-10-5-7-12-6-3-4-8-13(12)20/h9,11-13,20H,3-8,10H2,1-2H3,(H,16,17,18). The topological polar surface area (TPSA) is 61.3 Å². The number of aliphatic hydroxyl groups excluding tert-OH is 1. The molecule has 1 fully saturated rings. The molecule has 1 heterocycles. The van der Waals surface area contributed by atoms with E-state index in [1.807, 2.05) is 25.1 Å². The van der Waals surface area contributed by atoms with E-state index in [1.165, 1.54) is 19.3 Å². The summed E-state index contributed by atoms with van der Waals surface area (Å²) in [5.41, 5.74) is 0. The third-order valence-corrected chi connectivity index (χ3v) is 4.00. The highest BCUT2D eigenvalue weighted by molar-refractivity contribution is 5.40. The van der Waals surface area contributed by atoms with Crippen LogP contribution in [0.25, 0.3) is 0 Å². The monoisotopic (exact) mass is 278 g/mol. The van der Waals surface area contributed by atoms with E-state index in [2.05, 4.69) is 15.3 Å². The molecular weight excluding hydrogens is 252 g/mol. The molecule has 2 rings (SSSR count). The van der Waals surface area contributed by atoms with E-state index in [-0.39, 0.29) is 6.10 Å². The molecule has 1 aliphatic rings. The maximum absolute atomic E-state index is 9.93. The minimum Gasteiger partial charge on any atom is -0.393 e. The van der Waals surface area contributed by atoms with Gasteiger partial charge in [-0.05, 0) is 37.7 Å². The Morgan fingerprint density at radius 1 is 1.35 bits per heavy atom. The lowest BCUT2D eigenvalue weighted by atomic mass is 9.83. The summed E-state index contributed by atoms with van der Waals surface area (Å²) in [6.45, 7) is 0.861. The van der Waals surface area contributed by atoms with Gasteiger partial charge in [0.1, 0.15) is 5.82 Å². The van der Waals surface area contributed by atoms with Crippen LogP contribution in [0.15, 0.2) is 12.3 Å². The van der Waals surface area contributed by atoms with Crippen LogP contribution < -0.4 is 10.2 Å². The van der Waals surface area contributed by atoms with E-state index in [0.717, 1.165) is 31.6 Å². The number of nitrogens with one attached hydrogen (secondary N) is 1.